The fraction of sp³-hybridized carbons (Fsp3) is 0.286. The van der Waals surface area contributed by atoms with Crippen LogP contribution >= 0.6 is 11.6 Å². The molecule has 1 unspecified atom stereocenters. The number of nitrogens with one attached hydrogen (secondary N) is 1. The molecule has 39 heavy (non-hydrogen) atoms. The Kier molecular flexibility index (Phi) is 9.93. The van der Waals surface area contributed by atoms with Crippen LogP contribution in [0.2, 0.25) is 5.02 Å². The van der Waals surface area contributed by atoms with Gasteiger partial charge in [-0.3, -0.25) is 13.9 Å². The van der Waals surface area contributed by atoms with E-state index in [1.54, 1.807) is 26.0 Å². The van der Waals surface area contributed by atoms with Crippen LogP contribution in [0, 0.1) is 12.7 Å². The molecule has 8 nitrogen and oxygen atoms in total. The first-order valence-corrected chi connectivity index (χ1v) is 14.0. The summed E-state index contributed by atoms with van der Waals surface area (Å²) in [5.74, 6) is -1.16. The van der Waals surface area contributed by atoms with E-state index in [0.29, 0.717) is 17.9 Å². The molecule has 0 aliphatic carbocycles. The number of ether oxygens (including phenoxy) is 1. The minimum absolute atomic E-state index is 0.0188. The SMILES string of the molecule is CCNC(=O)C(C)N(Cc1ccc(F)cc1)C(=O)CN(c1ccc(OC)c(Cl)c1)S(=O)(=O)c1ccc(C)cc1. The third-order valence-corrected chi connectivity index (χ3v) is 8.18. The lowest BCUT2D eigenvalue weighted by atomic mass is 10.1. The van der Waals surface area contributed by atoms with Crippen molar-refractivity contribution in [2.24, 2.45) is 0 Å². The van der Waals surface area contributed by atoms with Gasteiger partial charge in [0, 0.05) is 13.1 Å². The van der Waals surface area contributed by atoms with E-state index in [1.165, 1.54) is 66.6 Å². The normalized spacial score (nSPS) is 11.9. The second-order valence-corrected chi connectivity index (χ2v) is 11.1. The van der Waals surface area contributed by atoms with E-state index < -0.39 is 40.2 Å². The van der Waals surface area contributed by atoms with Gasteiger partial charge in [0.15, 0.2) is 0 Å². The molecular formula is C28H31ClFN3O5S. The van der Waals surface area contributed by atoms with Crippen LogP contribution in [0.4, 0.5) is 10.1 Å². The van der Waals surface area contributed by atoms with Crippen molar-refractivity contribution >= 4 is 39.1 Å². The van der Waals surface area contributed by atoms with Crippen LogP contribution in [0.1, 0.15) is 25.0 Å². The molecule has 0 aliphatic rings. The first kappa shape index (κ1) is 29.9. The zero-order valence-electron chi connectivity index (χ0n) is 22.1. The molecule has 3 rings (SSSR count). The number of anilines is 1. The monoisotopic (exact) mass is 575 g/mol. The first-order valence-electron chi connectivity index (χ1n) is 12.2. The Balaban J connectivity index is 2.06. The molecule has 0 aromatic heterocycles. The van der Waals surface area contributed by atoms with E-state index in [0.717, 1.165) is 9.87 Å². The molecule has 1 N–H and O–H groups in total. The first-order chi connectivity index (χ1) is 18.5. The van der Waals surface area contributed by atoms with Crippen molar-refractivity contribution in [1.82, 2.24) is 10.2 Å². The van der Waals surface area contributed by atoms with Gasteiger partial charge in [0.25, 0.3) is 10.0 Å². The van der Waals surface area contributed by atoms with Gasteiger partial charge in [0.2, 0.25) is 11.8 Å². The van der Waals surface area contributed by atoms with Crippen molar-refractivity contribution in [2.45, 2.75) is 38.3 Å². The molecule has 3 aromatic rings. The summed E-state index contributed by atoms with van der Waals surface area (Å²) in [7, 11) is -2.80. The summed E-state index contributed by atoms with van der Waals surface area (Å²) in [5, 5.41) is 2.84. The van der Waals surface area contributed by atoms with E-state index in [-0.39, 0.29) is 22.2 Å². The number of carbonyl (C=O) groups is 2. The Morgan fingerprint density at radius 1 is 1.05 bits per heavy atom. The molecule has 0 saturated carbocycles. The van der Waals surface area contributed by atoms with Crippen LogP contribution in [0.15, 0.2) is 71.6 Å². The van der Waals surface area contributed by atoms with Crippen LogP contribution in [-0.4, -0.2) is 51.4 Å². The number of likely N-dealkylation sites (N-methyl/N-ethyl adjacent to an activating group) is 1. The second-order valence-electron chi connectivity index (χ2n) is 8.86. The molecule has 0 heterocycles. The molecule has 2 amide bonds. The number of hydrogen-bond donors (Lipinski definition) is 1. The molecule has 0 radical (unpaired) electrons. The summed E-state index contributed by atoms with van der Waals surface area (Å²) in [6.45, 7) is 4.82. The van der Waals surface area contributed by atoms with Crippen LogP contribution in [0.25, 0.3) is 0 Å². The van der Waals surface area contributed by atoms with E-state index in [9.17, 15) is 22.4 Å². The van der Waals surface area contributed by atoms with Gasteiger partial charge in [0.05, 0.1) is 22.7 Å². The Labute approximate surface area is 233 Å². The highest BCUT2D eigenvalue weighted by molar-refractivity contribution is 7.92. The van der Waals surface area contributed by atoms with Crippen LogP contribution in [-0.2, 0) is 26.2 Å². The number of benzene rings is 3. The number of rotatable bonds is 11. The highest BCUT2D eigenvalue weighted by Gasteiger charge is 2.32. The topological polar surface area (TPSA) is 96.0 Å². The van der Waals surface area contributed by atoms with Crippen molar-refractivity contribution in [3.63, 3.8) is 0 Å². The molecule has 208 valence electrons. The molecule has 0 bridgehead atoms. The van der Waals surface area contributed by atoms with Crippen molar-refractivity contribution in [3.8, 4) is 5.75 Å². The Morgan fingerprint density at radius 2 is 1.69 bits per heavy atom. The van der Waals surface area contributed by atoms with Gasteiger partial charge in [-0.25, -0.2) is 12.8 Å². The molecule has 0 saturated heterocycles. The lowest BCUT2D eigenvalue weighted by molar-refractivity contribution is -0.139. The maximum absolute atomic E-state index is 13.8. The lowest BCUT2D eigenvalue weighted by Crippen LogP contribution is -2.51. The average Bonchev–Trinajstić information content (AvgIpc) is 2.91. The van der Waals surface area contributed by atoms with Gasteiger partial charge < -0.3 is 15.0 Å². The third kappa shape index (κ3) is 7.27. The predicted molar refractivity (Wildman–Crippen MR) is 149 cm³/mol. The predicted octanol–water partition coefficient (Wildman–Crippen LogP) is 4.54. The Hall–Kier alpha value is -3.63. The molecule has 0 fully saturated rings. The number of amides is 2. The average molecular weight is 576 g/mol. The number of hydrogen-bond acceptors (Lipinski definition) is 5. The van der Waals surface area contributed by atoms with Gasteiger partial charge in [-0.2, -0.15) is 0 Å². The van der Waals surface area contributed by atoms with Gasteiger partial charge in [0.1, 0.15) is 24.2 Å². The summed E-state index contributed by atoms with van der Waals surface area (Å²) in [6.07, 6.45) is 0. The van der Waals surface area contributed by atoms with Crippen LogP contribution < -0.4 is 14.4 Å². The minimum Gasteiger partial charge on any atom is -0.495 e. The van der Waals surface area contributed by atoms with E-state index in [2.05, 4.69) is 5.32 Å². The molecule has 0 aliphatic heterocycles. The van der Waals surface area contributed by atoms with E-state index in [4.69, 9.17) is 16.3 Å². The van der Waals surface area contributed by atoms with Gasteiger partial charge in [-0.05, 0) is 68.8 Å². The number of aryl methyl sites for hydroxylation is 1. The van der Waals surface area contributed by atoms with Crippen molar-refractivity contribution in [1.29, 1.82) is 0 Å². The van der Waals surface area contributed by atoms with Crippen molar-refractivity contribution in [3.05, 3.63) is 88.7 Å². The Morgan fingerprint density at radius 3 is 2.26 bits per heavy atom. The molecule has 0 spiro atoms. The van der Waals surface area contributed by atoms with Gasteiger partial charge in [-0.1, -0.05) is 41.4 Å². The second kappa shape index (κ2) is 12.9. The van der Waals surface area contributed by atoms with Gasteiger partial charge in [-0.15, -0.1) is 0 Å². The lowest BCUT2D eigenvalue weighted by Gasteiger charge is -2.32. The standard InChI is InChI=1S/C28H31ClFN3O5S/c1-5-31-28(35)20(3)32(17-21-8-10-22(30)11-9-21)27(34)18-33(23-12-15-26(38-4)25(29)16-23)39(36,37)24-13-6-19(2)7-14-24/h6-16,20H,5,17-18H2,1-4H3,(H,31,35). The third-order valence-electron chi connectivity index (χ3n) is 6.10. The van der Waals surface area contributed by atoms with Crippen molar-refractivity contribution < 1.29 is 27.1 Å². The molecule has 3 aromatic carbocycles. The van der Waals surface area contributed by atoms with E-state index in [1.807, 2.05) is 6.92 Å². The smallest absolute Gasteiger partial charge is 0.264 e. The zero-order valence-corrected chi connectivity index (χ0v) is 23.7. The zero-order chi connectivity index (χ0) is 28.7. The number of carbonyl (C=O) groups excluding carboxylic acids is 2. The van der Waals surface area contributed by atoms with Gasteiger partial charge >= 0.3 is 0 Å². The summed E-state index contributed by atoms with van der Waals surface area (Å²) in [5.41, 5.74) is 1.58. The van der Waals surface area contributed by atoms with E-state index >= 15 is 0 Å². The number of nitrogens with zero attached hydrogens (tertiary/aromatic N) is 2. The fourth-order valence-electron chi connectivity index (χ4n) is 3.87. The summed E-state index contributed by atoms with van der Waals surface area (Å²) >= 11 is 6.31. The minimum atomic E-state index is -4.23. The van der Waals surface area contributed by atoms with Crippen LogP contribution in [0.5, 0.6) is 5.75 Å². The molecule has 1 atom stereocenters. The van der Waals surface area contributed by atoms with Crippen molar-refractivity contribution in [2.75, 3.05) is 24.5 Å². The highest BCUT2D eigenvalue weighted by atomic mass is 35.5. The number of sulfonamides is 1. The highest BCUT2D eigenvalue weighted by Crippen LogP contribution is 2.32. The summed E-state index contributed by atoms with van der Waals surface area (Å²) < 4.78 is 47.3. The largest absolute Gasteiger partial charge is 0.495 e. The molecule has 11 heteroatoms. The summed E-state index contributed by atoms with van der Waals surface area (Å²) in [4.78, 5) is 27.8. The number of halogens is 2. The fourth-order valence-corrected chi connectivity index (χ4v) is 5.53. The summed E-state index contributed by atoms with van der Waals surface area (Å²) in [6, 6.07) is 15.2. The van der Waals surface area contributed by atoms with Crippen LogP contribution in [0.3, 0.4) is 0 Å². The number of methoxy groups -OCH3 is 1. The maximum atomic E-state index is 13.8. The maximum Gasteiger partial charge on any atom is 0.264 e. The molecular weight excluding hydrogens is 545 g/mol. The Bertz CT molecular complexity index is 1420. The quantitative estimate of drug-likeness (QED) is 0.362.